The van der Waals surface area contributed by atoms with Gasteiger partial charge in [0.2, 0.25) is 0 Å². The van der Waals surface area contributed by atoms with Crippen molar-refractivity contribution in [1.82, 2.24) is 10.2 Å². The Bertz CT molecular complexity index is 359. The number of aliphatic carboxylic acids is 1. The maximum atomic E-state index is 12.4. The lowest BCUT2D eigenvalue weighted by molar-refractivity contribution is -0.137. The van der Waals surface area contributed by atoms with Crippen molar-refractivity contribution in [2.24, 2.45) is 0 Å². The highest BCUT2D eigenvalue weighted by Gasteiger charge is 2.27. The molecule has 2 saturated heterocycles. The van der Waals surface area contributed by atoms with Gasteiger partial charge in [-0.15, -0.1) is 0 Å². The summed E-state index contributed by atoms with van der Waals surface area (Å²) in [5, 5.41) is 12.4. The minimum Gasteiger partial charge on any atom is -0.481 e. The Morgan fingerprint density at radius 3 is 2.71 bits per heavy atom. The van der Waals surface area contributed by atoms with E-state index in [0.717, 1.165) is 32.4 Å². The number of likely N-dealkylation sites (tertiary alicyclic amines) is 1. The van der Waals surface area contributed by atoms with Crippen molar-refractivity contribution in [2.45, 2.75) is 62.7 Å². The molecule has 2 amide bonds. The monoisotopic (exact) mass is 314 g/mol. The summed E-state index contributed by atoms with van der Waals surface area (Å²) in [6.45, 7) is 1.50. The summed E-state index contributed by atoms with van der Waals surface area (Å²) >= 11 is 1.96. The summed E-state index contributed by atoms with van der Waals surface area (Å²) in [7, 11) is 0. The van der Waals surface area contributed by atoms with E-state index in [1.807, 2.05) is 16.7 Å². The molecule has 6 heteroatoms. The maximum absolute atomic E-state index is 12.4. The Morgan fingerprint density at radius 1 is 1.19 bits per heavy atom. The first-order valence-electron chi connectivity index (χ1n) is 8.04. The van der Waals surface area contributed by atoms with Gasteiger partial charge in [0, 0.05) is 30.8 Å². The molecular formula is C15H26N2O3S. The number of nitrogens with zero attached hydrogens (tertiary/aromatic N) is 1. The third-order valence-corrected chi connectivity index (χ3v) is 5.73. The fourth-order valence-electron chi connectivity index (χ4n) is 3.13. The zero-order chi connectivity index (χ0) is 15.1. The van der Waals surface area contributed by atoms with E-state index in [1.54, 1.807) is 0 Å². The largest absolute Gasteiger partial charge is 0.481 e. The number of hydrogen-bond donors (Lipinski definition) is 2. The Kier molecular flexibility index (Phi) is 6.67. The molecule has 0 aromatic heterocycles. The molecule has 0 aromatic carbocycles. The quantitative estimate of drug-likeness (QED) is 0.818. The van der Waals surface area contributed by atoms with Gasteiger partial charge < -0.3 is 15.3 Å². The number of carbonyl (C=O) groups excluding carboxylic acids is 1. The topological polar surface area (TPSA) is 69.6 Å². The number of carboxylic acid groups (broad SMARTS) is 1. The van der Waals surface area contributed by atoms with Gasteiger partial charge in [-0.1, -0.05) is 6.42 Å². The average Bonchev–Trinajstić information content (AvgIpc) is 2.52. The van der Waals surface area contributed by atoms with E-state index in [0.29, 0.717) is 11.7 Å². The summed E-state index contributed by atoms with van der Waals surface area (Å²) in [5.74, 6) is 0.422. The summed E-state index contributed by atoms with van der Waals surface area (Å²) in [6, 6.07) is 0.0881. The standard InChI is InChI=1S/C15H26N2O3S/c18-14(19)8-7-12-5-1-3-9-17(12)15(20)16-11-13-6-2-4-10-21-13/h12-13H,1-11H2,(H,16,20)(H,18,19). The van der Waals surface area contributed by atoms with E-state index in [9.17, 15) is 9.59 Å². The number of rotatable bonds is 5. The van der Waals surface area contributed by atoms with E-state index in [2.05, 4.69) is 5.32 Å². The number of piperidine rings is 1. The van der Waals surface area contributed by atoms with Gasteiger partial charge >= 0.3 is 12.0 Å². The van der Waals surface area contributed by atoms with Crippen LogP contribution >= 0.6 is 11.8 Å². The predicted octanol–water partition coefficient (Wildman–Crippen LogP) is 2.70. The molecule has 0 saturated carbocycles. The van der Waals surface area contributed by atoms with Gasteiger partial charge in [0.25, 0.3) is 0 Å². The molecule has 2 aliphatic rings. The second-order valence-electron chi connectivity index (χ2n) is 5.95. The summed E-state index contributed by atoms with van der Waals surface area (Å²) in [4.78, 5) is 24.9. The molecule has 120 valence electrons. The Labute approximate surface area is 130 Å². The molecule has 0 aliphatic carbocycles. The number of carbonyl (C=O) groups is 2. The van der Waals surface area contributed by atoms with Gasteiger partial charge in [-0.3, -0.25) is 4.79 Å². The third kappa shape index (κ3) is 5.41. The number of thioether (sulfide) groups is 1. The van der Waals surface area contributed by atoms with E-state index >= 15 is 0 Å². The fourth-order valence-corrected chi connectivity index (χ4v) is 4.37. The van der Waals surface area contributed by atoms with Crippen molar-refractivity contribution in [1.29, 1.82) is 0 Å². The lowest BCUT2D eigenvalue weighted by Gasteiger charge is -2.36. The van der Waals surface area contributed by atoms with Crippen LogP contribution in [0.5, 0.6) is 0 Å². The highest BCUT2D eigenvalue weighted by atomic mass is 32.2. The van der Waals surface area contributed by atoms with Crippen molar-refractivity contribution in [3.8, 4) is 0 Å². The van der Waals surface area contributed by atoms with Gasteiger partial charge in [0.05, 0.1) is 0 Å². The number of nitrogens with one attached hydrogen (secondary N) is 1. The van der Waals surface area contributed by atoms with E-state index in [4.69, 9.17) is 5.11 Å². The first kappa shape index (κ1) is 16.5. The van der Waals surface area contributed by atoms with Gasteiger partial charge in [-0.2, -0.15) is 11.8 Å². The summed E-state index contributed by atoms with van der Waals surface area (Å²) in [6.07, 6.45) is 7.50. The van der Waals surface area contributed by atoms with Crippen LogP contribution in [0, 0.1) is 0 Å². The molecule has 2 atom stereocenters. The van der Waals surface area contributed by atoms with Crippen molar-refractivity contribution >= 4 is 23.8 Å². The lowest BCUT2D eigenvalue weighted by atomic mass is 9.98. The van der Waals surface area contributed by atoms with Crippen LogP contribution in [0.4, 0.5) is 4.79 Å². The summed E-state index contributed by atoms with van der Waals surface area (Å²) < 4.78 is 0. The third-order valence-electron chi connectivity index (χ3n) is 4.33. The highest BCUT2D eigenvalue weighted by molar-refractivity contribution is 7.99. The molecule has 0 bridgehead atoms. The maximum Gasteiger partial charge on any atom is 0.317 e. The van der Waals surface area contributed by atoms with Gasteiger partial charge in [-0.05, 0) is 44.3 Å². The molecule has 0 aromatic rings. The first-order valence-corrected chi connectivity index (χ1v) is 9.09. The lowest BCUT2D eigenvalue weighted by Crippen LogP contribution is -2.50. The van der Waals surface area contributed by atoms with E-state index in [-0.39, 0.29) is 18.5 Å². The molecule has 2 N–H and O–H groups in total. The number of carboxylic acids is 1. The minimum absolute atomic E-state index is 0.00346. The van der Waals surface area contributed by atoms with Crippen molar-refractivity contribution in [3.63, 3.8) is 0 Å². The molecule has 2 rings (SSSR count). The first-order chi connectivity index (χ1) is 10.2. The number of urea groups is 1. The summed E-state index contributed by atoms with van der Waals surface area (Å²) in [5.41, 5.74) is 0. The van der Waals surface area contributed by atoms with Crippen molar-refractivity contribution < 1.29 is 14.7 Å². The second kappa shape index (κ2) is 8.51. The fraction of sp³-hybridized carbons (Fsp3) is 0.867. The van der Waals surface area contributed by atoms with Crippen LogP contribution in [0.3, 0.4) is 0 Å². The normalized spacial score (nSPS) is 26.4. The molecule has 0 radical (unpaired) electrons. The van der Waals surface area contributed by atoms with Crippen LogP contribution in [0.15, 0.2) is 0 Å². The predicted molar refractivity (Wildman–Crippen MR) is 84.7 cm³/mol. The van der Waals surface area contributed by atoms with Gasteiger partial charge in [-0.25, -0.2) is 4.79 Å². The van der Waals surface area contributed by atoms with Crippen LogP contribution in [-0.4, -0.2) is 52.1 Å². The molecule has 2 unspecified atom stereocenters. The molecule has 0 spiro atoms. The Morgan fingerprint density at radius 2 is 2.00 bits per heavy atom. The van der Waals surface area contributed by atoms with Crippen LogP contribution in [0.1, 0.15) is 51.4 Å². The highest BCUT2D eigenvalue weighted by Crippen LogP contribution is 2.25. The molecule has 21 heavy (non-hydrogen) atoms. The number of hydrogen-bond acceptors (Lipinski definition) is 3. The molecule has 2 aliphatic heterocycles. The SMILES string of the molecule is O=C(O)CCC1CCCCN1C(=O)NCC1CCCCS1. The van der Waals surface area contributed by atoms with Crippen LogP contribution in [0.2, 0.25) is 0 Å². The molecule has 5 nitrogen and oxygen atoms in total. The Hall–Kier alpha value is -0.910. The molecule has 2 heterocycles. The molecule has 2 fully saturated rings. The zero-order valence-electron chi connectivity index (χ0n) is 12.6. The molecular weight excluding hydrogens is 288 g/mol. The van der Waals surface area contributed by atoms with Crippen LogP contribution in [0.25, 0.3) is 0 Å². The van der Waals surface area contributed by atoms with Gasteiger partial charge in [0.15, 0.2) is 0 Å². The smallest absolute Gasteiger partial charge is 0.317 e. The van der Waals surface area contributed by atoms with E-state index in [1.165, 1.54) is 25.0 Å². The van der Waals surface area contributed by atoms with Crippen LogP contribution in [-0.2, 0) is 4.79 Å². The second-order valence-corrected chi connectivity index (χ2v) is 7.36. The minimum atomic E-state index is -0.778. The number of amides is 2. The van der Waals surface area contributed by atoms with E-state index < -0.39 is 5.97 Å². The van der Waals surface area contributed by atoms with Crippen molar-refractivity contribution in [2.75, 3.05) is 18.8 Å². The van der Waals surface area contributed by atoms with Gasteiger partial charge in [0.1, 0.15) is 0 Å². The van der Waals surface area contributed by atoms with Crippen LogP contribution < -0.4 is 5.32 Å². The Balaban J connectivity index is 1.78. The average molecular weight is 314 g/mol. The van der Waals surface area contributed by atoms with Crippen molar-refractivity contribution in [3.05, 3.63) is 0 Å². The zero-order valence-corrected chi connectivity index (χ0v) is 13.4.